The van der Waals surface area contributed by atoms with Crippen molar-refractivity contribution in [3.8, 4) is 11.8 Å². The Morgan fingerprint density at radius 1 is 1.32 bits per heavy atom. The summed E-state index contributed by atoms with van der Waals surface area (Å²) in [6.45, 7) is 3.67. The number of nitrogens with zero attached hydrogens (tertiary/aromatic N) is 5. The fourth-order valence-electron chi connectivity index (χ4n) is 3.27. The van der Waals surface area contributed by atoms with Gasteiger partial charge in [-0.15, -0.1) is 0 Å². The van der Waals surface area contributed by atoms with Crippen LogP contribution in [0.4, 0.5) is 10.1 Å². The molecular weight excluding hydrogens is 408 g/mol. The normalized spacial score (nSPS) is 15.9. The maximum Gasteiger partial charge on any atom is 0.181 e. The van der Waals surface area contributed by atoms with Crippen LogP contribution in [0.3, 0.4) is 0 Å². The van der Waals surface area contributed by atoms with Gasteiger partial charge >= 0.3 is 0 Å². The lowest BCUT2D eigenvalue weighted by molar-refractivity contribution is -0.116. The minimum Gasteiger partial charge on any atom is -0.495 e. The predicted molar refractivity (Wildman–Crippen MR) is 104 cm³/mol. The maximum absolute atomic E-state index is 14.4. The molecule has 28 heavy (non-hydrogen) atoms. The van der Waals surface area contributed by atoms with Crippen molar-refractivity contribution in [2.75, 3.05) is 38.2 Å². The van der Waals surface area contributed by atoms with E-state index in [2.05, 4.69) is 5.10 Å². The van der Waals surface area contributed by atoms with E-state index in [1.807, 2.05) is 15.9 Å². The second-order valence-electron chi connectivity index (χ2n) is 6.32. The number of hydrogen-bond donors (Lipinski definition) is 0. The first-order valence-electron chi connectivity index (χ1n) is 8.53. The summed E-state index contributed by atoms with van der Waals surface area (Å²) in [6, 6.07) is 4.72. The molecule has 0 aliphatic carbocycles. The number of ether oxygens (including phenoxy) is 1. The van der Waals surface area contributed by atoms with Crippen molar-refractivity contribution in [3.63, 3.8) is 0 Å². The zero-order valence-corrected chi connectivity index (χ0v) is 16.8. The van der Waals surface area contributed by atoms with Crippen LogP contribution in [0.15, 0.2) is 12.1 Å². The Hall–Kier alpha value is -2.34. The van der Waals surface area contributed by atoms with E-state index >= 15 is 0 Å². The molecule has 10 heteroatoms. The molecule has 3 rings (SSSR count). The highest BCUT2D eigenvalue weighted by Gasteiger charge is 2.29. The Kier molecular flexibility index (Phi) is 6.08. The number of aromatic nitrogens is 2. The molecular formula is C18H18Cl2FN5O2. The van der Waals surface area contributed by atoms with Crippen molar-refractivity contribution in [2.24, 2.45) is 0 Å². The van der Waals surface area contributed by atoms with Crippen molar-refractivity contribution in [1.29, 1.82) is 5.26 Å². The summed E-state index contributed by atoms with van der Waals surface area (Å²) < 4.78 is 21.0. The smallest absolute Gasteiger partial charge is 0.181 e. The topological polar surface area (TPSA) is 74.4 Å². The Bertz CT molecular complexity index is 935. The third kappa shape index (κ3) is 3.65. The van der Waals surface area contributed by atoms with E-state index in [1.165, 1.54) is 17.9 Å². The SMILES string of the molecule is COc1cc(N2CCN(C(C=O)n3nc(C#N)c(Cl)c3C)CC2)c(F)cc1Cl. The number of hydrogen-bond acceptors (Lipinski definition) is 6. The van der Waals surface area contributed by atoms with Gasteiger partial charge < -0.3 is 9.64 Å². The number of anilines is 1. The number of halogens is 3. The molecule has 0 saturated carbocycles. The Morgan fingerprint density at radius 3 is 2.54 bits per heavy atom. The Balaban J connectivity index is 1.78. The van der Waals surface area contributed by atoms with Gasteiger partial charge in [0.25, 0.3) is 0 Å². The first kappa shape index (κ1) is 20.4. The van der Waals surface area contributed by atoms with Crippen LogP contribution < -0.4 is 9.64 Å². The molecule has 1 aliphatic heterocycles. The molecule has 0 spiro atoms. The largest absolute Gasteiger partial charge is 0.495 e. The molecule has 1 aliphatic rings. The summed E-state index contributed by atoms with van der Waals surface area (Å²) in [7, 11) is 1.47. The fraction of sp³-hybridized carbons (Fsp3) is 0.389. The summed E-state index contributed by atoms with van der Waals surface area (Å²) in [5, 5.41) is 13.7. The van der Waals surface area contributed by atoms with E-state index in [1.54, 1.807) is 13.0 Å². The zero-order chi connectivity index (χ0) is 20.4. The van der Waals surface area contributed by atoms with Gasteiger partial charge in [0.15, 0.2) is 18.1 Å². The molecule has 0 N–H and O–H groups in total. The van der Waals surface area contributed by atoms with Crippen molar-refractivity contribution in [2.45, 2.75) is 13.1 Å². The lowest BCUT2D eigenvalue weighted by Crippen LogP contribution is -2.49. The van der Waals surface area contributed by atoms with Crippen LogP contribution in [-0.2, 0) is 4.79 Å². The van der Waals surface area contributed by atoms with Crippen LogP contribution >= 0.6 is 23.2 Å². The summed E-state index contributed by atoms with van der Waals surface area (Å²) in [6.07, 6.45) is 0.0744. The lowest BCUT2D eigenvalue weighted by atomic mass is 10.2. The van der Waals surface area contributed by atoms with Gasteiger partial charge in [-0.05, 0) is 13.0 Å². The molecule has 1 aromatic heterocycles. The number of aldehydes is 1. The van der Waals surface area contributed by atoms with Crippen molar-refractivity contribution in [1.82, 2.24) is 14.7 Å². The molecule has 1 atom stereocenters. The minimum atomic E-state index is -0.689. The third-order valence-electron chi connectivity index (χ3n) is 4.81. The molecule has 2 aromatic rings. The van der Waals surface area contributed by atoms with E-state index in [0.29, 0.717) is 43.3 Å². The maximum atomic E-state index is 14.4. The quantitative estimate of drug-likeness (QED) is 0.685. The van der Waals surface area contributed by atoms with Crippen LogP contribution in [0.25, 0.3) is 0 Å². The number of piperazine rings is 1. The minimum absolute atomic E-state index is 0.0833. The monoisotopic (exact) mass is 425 g/mol. The summed E-state index contributed by atoms with van der Waals surface area (Å²) in [5.74, 6) is -0.0309. The number of nitriles is 1. The number of carbonyl (C=O) groups excluding carboxylic acids is 1. The van der Waals surface area contributed by atoms with Crippen LogP contribution in [0.1, 0.15) is 17.6 Å². The van der Waals surface area contributed by atoms with E-state index in [9.17, 15) is 9.18 Å². The lowest BCUT2D eigenvalue weighted by Gasteiger charge is -2.38. The average Bonchev–Trinajstić information content (AvgIpc) is 2.98. The second-order valence-corrected chi connectivity index (χ2v) is 7.10. The summed E-state index contributed by atoms with van der Waals surface area (Å²) in [4.78, 5) is 15.5. The van der Waals surface area contributed by atoms with Crippen molar-refractivity contribution < 1.29 is 13.9 Å². The molecule has 2 heterocycles. The fourth-order valence-corrected chi connectivity index (χ4v) is 3.66. The van der Waals surface area contributed by atoms with Crippen LogP contribution in [-0.4, -0.2) is 54.3 Å². The Morgan fingerprint density at radius 2 is 2.00 bits per heavy atom. The number of methoxy groups -OCH3 is 1. The zero-order valence-electron chi connectivity index (χ0n) is 15.3. The van der Waals surface area contributed by atoms with E-state index in [-0.39, 0.29) is 15.7 Å². The molecule has 1 unspecified atom stereocenters. The van der Waals surface area contributed by atoms with Gasteiger partial charge in [-0.1, -0.05) is 23.2 Å². The molecule has 7 nitrogen and oxygen atoms in total. The van der Waals surface area contributed by atoms with E-state index in [0.717, 1.165) is 6.29 Å². The van der Waals surface area contributed by atoms with Gasteiger partial charge in [0.2, 0.25) is 0 Å². The predicted octanol–water partition coefficient (Wildman–Crippen LogP) is 3.04. The van der Waals surface area contributed by atoms with Crippen LogP contribution in [0, 0.1) is 24.1 Å². The van der Waals surface area contributed by atoms with E-state index < -0.39 is 12.0 Å². The van der Waals surface area contributed by atoms with Gasteiger partial charge in [0.05, 0.1) is 28.5 Å². The van der Waals surface area contributed by atoms with Crippen LogP contribution in [0.2, 0.25) is 10.0 Å². The van der Waals surface area contributed by atoms with Gasteiger partial charge in [0.1, 0.15) is 17.6 Å². The molecule has 0 amide bonds. The molecule has 1 fully saturated rings. The molecule has 1 saturated heterocycles. The first-order chi connectivity index (χ1) is 13.4. The molecule has 0 radical (unpaired) electrons. The summed E-state index contributed by atoms with van der Waals surface area (Å²) >= 11 is 12.1. The highest BCUT2D eigenvalue weighted by Crippen LogP contribution is 2.33. The Labute approximate surface area is 171 Å². The second kappa shape index (κ2) is 8.35. The number of carbonyl (C=O) groups is 1. The highest BCUT2D eigenvalue weighted by atomic mass is 35.5. The van der Waals surface area contributed by atoms with Crippen molar-refractivity contribution in [3.05, 3.63) is 39.4 Å². The summed E-state index contributed by atoms with van der Waals surface area (Å²) in [5.41, 5.74) is 1.03. The van der Waals surface area contributed by atoms with Gasteiger partial charge in [-0.25, -0.2) is 9.07 Å². The van der Waals surface area contributed by atoms with Crippen molar-refractivity contribution >= 4 is 35.2 Å². The van der Waals surface area contributed by atoms with Gasteiger partial charge in [-0.3, -0.25) is 9.69 Å². The molecule has 1 aromatic carbocycles. The van der Waals surface area contributed by atoms with Gasteiger partial charge in [0, 0.05) is 32.2 Å². The van der Waals surface area contributed by atoms with E-state index in [4.69, 9.17) is 33.2 Å². The highest BCUT2D eigenvalue weighted by molar-refractivity contribution is 6.32. The van der Waals surface area contributed by atoms with Gasteiger partial charge in [-0.2, -0.15) is 10.4 Å². The first-order valence-corrected chi connectivity index (χ1v) is 9.28. The standard InChI is InChI=1S/C18H18Cl2FN5O2/c1-11-18(20)14(9-22)23-26(11)17(10-27)25-5-3-24(4-6-25)15-8-16(28-2)12(19)7-13(15)21/h7-8,10,17H,3-6H2,1-2H3. The molecule has 148 valence electrons. The van der Waals surface area contributed by atoms with Crippen LogP contribution in [0.5, 0.6) is 5.75 Å². The molecule has 0 bridgehead atoms. The number of benzene rings is 1. The number of rotatable bonds is 5. The third-order valence-corrected chi connectivity index (χ3v) is 5.55. The average molecular weight is 426 g/mol.